The van der Waals surface area contributed by atoms with Crippen LogP contribution in [0.1, 0.15) is 25.1 Å². The van der Waals surface area contributed by atoms with Crippen molar-refractivity contribution in [2.45, 2.75) is 33.4 Å². The molecule has 0 aliphatic heterocycles. The molecule has 0 aromatic carbocycles. The normalized spacial score (nSPS) is 12.0. The standard InChI is InChI=1S/C10H20N6/c1-7(2)13-10(14-11)12-5-9-6-16(4)15-8(9)3/h6-7H,5,11H2,1-4H3,(H2,12,13,14). The molecule has 0 radical (unpaired) electrons. The maximum Gasteiger partial charge on any atom is 0.206 e. The van der Waals surface area contributed by atoms with Crippen molar-refractivity contribution >= 4 is 5.96 Å². The Labute approximate surface area is 95.9 Å². The molecular formula is C10H20N6. The molecule has 90 valence electrons. The van der Waals surface area contributed by atoms with Crippen LogP contribution in [0.3, 0.4) is 0 Å². The van der Waals surface area contributed by atoms with Gasteiger partial charge in [0, 0.05) is 24.8 Å². The van der Waals surface area contributed by atoms with Gasteiger partial charge in [-0.2, -0.15) is 5.10 Å². The molecule has 0 fully saturated rings. The molecule has 6 heteroatoms. The number of guanidine groups is 1. The Hall–Kier alpha value is -1.56. The van der Waals surface area contributed by atoms with Gasteiger partial charge >= 0.3 is 0 Å². The van der Waals surface area contributed by atoms with Gasteiger partial charge in [-0.1, -0.05) is 0 Å². The highest BCUT2D eigenvalue weighted by Gasteiger charge is 2.03. The quantitative estimate of drug-likeness (QED) is 0.293. The van der Waals surface area contributed by atoms with Crippen molar-refractivity contribution in [2.24, 2.45) is 17.9 Å². The van der Waals surface area contributed by atoms with E-state index in [2.05, 4.69) is 20.8 Å². The van der Waals surface area contributed by atoms with Gasteiger partial charge in [-0.15, -0.1) is 0 Å². The highest BCUT2D eigenvalue weighted by molar-refractivity contribution is 5.79. The van der Waals surface area contributed by atoms with Crippen LogP contribution in [0.25, 0.3) is 0 Å². The van der Waals surface area contributed by atoms with E-state index in [1.165, 1.54) is 0 Å². The first-order valence-corrected chi connectivity index (χ1v) is 5.29. The average Bonchev–Trinajstić information content (AvgIpc) is 2.51. The third-order valence-electron chi connectivity index (χ3n) is 2.08. The summed E-state index contributed by atoms with van der Waals surface area (Å²) in [5.74, 6) is 5.96. The Morgan fingerprint density at radius 2 is 2.31 bits per heavy atom. The molecule has 6 nitrogen and oxygen atoms in total. The molecule has 1 aromatic rings. The zero-order chi connectivity index (χ0) is 12.1. The number of nitrogens with one attached hydrogen (secondary N) is 2. The van der Waals surface area contributed by atoms with Gasteiger partial charge in [0.25, 0.3) is 0 Å². The Kier molecular flexibility index (Phi) is 4.30. The molecule has 0 aliphatic rings. The van der Waals surface area contributed by atoms with Crippen LogP contribution in [0.4, 0.5) is 0 Å². The fourth-order valence-corrected chi connectivity index (χ4v) is 1.37. The van der Waals surface area contributed by atoms with Gasteiger partial charge < -0.3 is 5.32 Å². The van der Waals surface area contributed by atoms with Gasteiger partial charge in [0.05, 0.1) is 12.2 Å². The van der Waals surface area contributed by atoms with E-state index in [0.717, 1.165) is 11.3 Å². The minimum atomic E-state index is 0.296. The second kappa shape index (κ2) is 5.50. The molecule has 1 rings (SSSR count). The van der Waals surface area contributed by atoms with Crippen LogP contribution in [0, 0.1) is 6.92 Å². The third-order valence-corrected chi connectivity index (χ3v) is 2.08. The number of aliphatic imine (C=N–C) groups is 1. The molecule has 0 amide bonds. The van der Waals surface area contributed by atoms with Crippen LogP contribution in [-0.4, -0.2) is 21.8 Å². The van der Waals surface area contributed by atoms with Crippen LogP contribution in [0.5, 0.6) is 0 Å². The van der Waals surface area contributed by atoms with Crippen LogP contribution in [-0.2, 0) is 13.6 Å². The molecule has 16 heavy (non-hydrogen) atoms. The van der Waals surface area contributed by atoms with Gasteiger partial charge in [-0.3, -0.25) is 10.1 Å². The smallest absolute Gasteiger partial charge is 0.206 e. The largest absolute Gasteiger partial charge is 0.353 e. The fourth-order valence-electron chi connectivity index (χ4n) is 1.37. The van der Waals surface area contributed by atoms with E-state index >= 15 is 0 Å². The molecule has 0 atom stereocenters. The number of hydrogen-bond donors (Lipinski definition) is 3. The summed E-state index contributed by atoms with van der Waals surface area (Å²) in [6.45, 7) is 6.60. The topological polar surface area (TPSA) is 80.3 Å². The molecule has 0 bridgehead atoms. The van der Waals surface area contributed by atoms with Gasteiger partial charge in [0.1, 0.15) is 0 Å². The van der Waals surface area contributed by atoms with E-state index in [1.807, 2.05) is 34.0 Å². The summed E-state index contributed by atoms with van der Waals surface area (Å²) in [5, 5.41) is 7.36. The highest BCUT2D eigenvalue weighted by atomic mass is 15.3. The van der Waals surface area contributed by atoms with Crippen molar-refractivity contribution < 1.29 is 0 Å². The minimum absolute atomic E-state index is 0.296. The predicted molar refractivity (Wildman–Crippen MR) is 64.7 cm³/mol. The zero-order valence-electron chi connectivity index (χ0n) is 10.3. The van der Waals surface area contributed by atoms with Crippen molar-refractivity contribution in [1.29, 1.82) is 0 Å². The second-order valence-electron chi connectivity index (χ2n) is 4.02. The first-order valence-electron chi connectivity index (χ1n) is 5.29. The lowest BCUT2D eigenvalue weighted by Gasteiger charge is -2.11. The summed E-state index contributed by atoms with van der Waals surface area (Å²) in [6, 6.07) is 0.296. The average molecular weight is 224 g/mol. The lowest BCUT2D eigenvalue weighted by molar-refractivity contribution is 0.702. The zero-order valence-corrected chi connectivity index (χ0v) is 10.3. The molecule has 4 N–H and O–H groups in total. The Bertz CT molecular complexity index is 365. The Morgan fingerprint density at radius 3 is 2.75 bits per heavy atom. The number of hydrogen-bond acceptors (Lipinski definition) is 3. The summed E-state index contributed by atoms with van der Waals surface area (Å²) in [6.07, 6.45) is 1.96. The van der Waals surface area contributed by atoms with E-state index in [9.17, 15) is 0 Å². The van der Waals surface area contributed by atoms with E-state index in [4.69, 9.17) is 5.84 Å². The van der Waals surface area contributed by atoms with Gasteiger partial charge in [-0.05, 0) is 20.8 Å². The maximum atomic E-state index is 5.36. The van der Waals surface area contributed by atoms with Crippen molar-refractivity contribution in [3.63, 3.8) is 0 Å². The van der Waals surface area contributed by atoms with E-state index in [-0.39, 0.29) is 0 Å². The number of hydrazine groups is 1. The Balaban J connectivity index is 2.66. The molecule has 0 aliphatic carbocycles. The first-order chi connectivity index (χ1) is 7.52. The molecule has 0 spiro atoms. The molecular weight excluding hydrogens is 204 g/mol. The van der Waals surface area contributed by atoms with Crippen molar-refractivity contribution in [3.8, 4) is 0 Å². The number of nitrogens with two attached hydrogens (primary N) is 1. The summed E-state index contributed by atoms with van der Waals surface area (Å²) < 4.78 is 1.78. The molecule has 1 aromatic heterocycles. The summed E-state index contributed by atoms with van der Waals surface area (Å²) in [7, 11) is 1.90. The SMILES string of the molecule is Cc1nn(C)cc1CN=C(NN)NC(C)C. The third kappa shape index (κ3) is 3.54. The van der Waals surface area contributed by atoms with Crippen molar-refractivity contribution in [3.05, 3.63) is 17.5 Å². The lowest BCUT2D eigenvalue weighted by atomic mass is 10.3. The highest BCUT2D eigenvalue weighted by Crippen LogP contribution is 2.05. The summed E-state index contributed by atoms with van der Waals surface area (Å²) in [4.78, 5) is 4.34. The molecule has 0 unspecified atom stereocenters. The minimum Gasteiger partial charge on any atom is -0.353 e. The molecule has 0 saturated heterocycles. The lowest BCUT2D eigenvalue weighted by Crippen LogP contribution is -2.44. The first kappa shape index (κ1) is 12.5. The van der Waals surface area contributed by atoms with E-state index in [0.29, 0.717) is 18.5 Å². The monoisotopic (exact) mass is 224 g/mol. The van der Waals surface area contributed by atoms with Gasteiger partial charge in [0.15, 0.2) is 0 Å². The predicted octanol–water partition coefficient (Wildman–Crippen LogP) is 0.0458. The van der Waals surface area contributed by atoms with Crippen molar-refractivity contribution in [2.75, 3.05) is 0 Å². The second-order valence-corrected chi connectivity index (χ2v) is 4.02. The maximum absolute atomic E-state index is 5.36. The van der Waals surface area contributed by atoms with Gasteiger partial charge in [0.2, 0.25) is 5.96 Å². The summed E-state index contributed by atoms with van der Waals surface area (Å²) >= 11 is 0. The molecule has 0 saturated carbocycles. The number of aromatic nitrogens is 2. The van der Waals surface area contributed by atoms with Crippen LogP contribution < -0.4 is 16.6 Å². The van der Waals surface area contributed by atoms with Crippen LogP contribution in [0.2, 0.25) is 0 Å². The number of nitrogens with zero attached hydrogens (tertiary/aromatic N) is 3. The van der Waals surface area contributed by atoms with Crippen molar-refractivity contribution in [1.82, 2.24) is 20.5 Å². The van der Waals surface area contributed by atoms with Gasteiger partial charge in [-0.25, -0.2) is 10.8 Å². The fraction of sp³-hybridized carbons (Fsp3) is 0.600. The van der Waals surface area contributed by atoms with Crippen LogP contribution >= 0.6 is 0 Å². The molecule has 1 heterocycles. The van der Waals surface area contributed by atoms with E-state index < -0.39 is 0 Å². The van der Waals surface area contributed by atoms with E-state index in [1.54, 1.807) is 4.68 Å². The number of rotatable bonds is 3. The number of aryl methyl sites for hydroxylation is 2. The Morgan fingerprint density at radius 1 is 1.62 bits per heavy atom. The summed E-state index contributed by atoms with van der Waals surface area (Å²) in [5.41, 5.74) is 4.63. The van der Waals surface area contributed by atoms with Crippen LogP contribution in [0.15, 0.2) is 11.2 Å².